The Labute approximate surface area is 172 Å². The molecule has 1 fully saturated rings. The van der Waals surface area contributed by atoms with Crippen molar-refractivity contribution in [3.8, 4) is 0 Å². The Morgan fingerprint density at radius 1 is 1.03 bits per heavy atom. The molecule has 1 aromatic carbocycles. The maximum Gasteiger partial charge on any atom is 0.300 e. The van der Waals surface area contributed by atoms with E-state index in [0.717, 1.165) is 0 Å². The molecule has 4 rings (SSSR count). The van der Waals surface area contributed by atoms with Gasteiger partial charge in [-0.05, 0) is 48.4 Å². The Balaban J connectivity index is 1.98. The highest BCUT2D eigenvalue weighted by molar-refractivity contribution is 6.52. The first-order valence-electron chi connectivity index (χ1n) is 8.87. The second kappa shape index (κ2) is 7.48. The Hall–Kier alpha value is -3.51. The average molecular weight is 406 g/mol. The summed E-state index contributed by atoms with van der Waals surface area (Å²) in [7, 11) is 0. The van der Waals surface area contributed by atoms with Crippen molar-refractivity contribution in [1.82, 2.24) is 9.97 Å². The monoisotopic (exact) mass is 405 g/mol. The number of hydrogen-bond acceptors (Lipinski definition) is 5. The number of aliphatic hydroxyl groups is 1. The van der Waals surface area contributed by atoms with Crippen molar-refractivity contribution in [3.05, 3.63) is 94.5 Å². The number of amides is 1. The normalized spacial score (nSPS) is 18.3. The van der Waals surface area contributed by atoms with Crippen molar-refractivity contribution in [3.63, 3.8) is 0 Å². The predicted octanol–water partition coefficient (Wildman–Crippen LogP) is 4.06. The molecule has 1 saturated heterocycles. The van der Waals surface area contributed by atoms with Gasteiger partial charge in [0, 0.05) is 41.1 Å². The first-order chi connectivity index (χ1) is 14.0. The molecule has 2 aromatic heterocycles. The number of hydrogen-bond donors (Lipinski definition) is 1. The molecule has 0 spiro atoms. The molecule has 3 heterocycles. The fraction of sp³-hybridized carbons (Fsp3) is 0.0909. The van der Waals surface area contributed by atoms with Gasteiger partial charge >= 0.3 is 0 Å². The van der Waals surface area contributed by atoms with E-state index in [1.165, 1.54) is 17.3 Å². The maximum atomic E-state index is 13.1. The molecule has 1 N–H and O–H groups in total. The van der Waals surface area contributed by atoms with Gasteiger partial charge in [0.05, 0.1) is 11.6 Å². The van der Waals surface area contributed by atoms with Crippen molar-refractivity contribution in [2.75, 3.05) is 4.90 Å². The largest absolute Gasteiger partial charge is 0.507 e. The molecule has 0 bridgehead atoms. The van der Waals surface area contributed by atoms with Crippen LogP contribution < -0.4 is 4.90 Å². The number of nitrogens with zero attached hydrogens (tertiary/aromatic N) is 3. The minimum Gasteiger partial charge on any atom is -0.507 e. The number of Topliss-reactive ketones (excluding diaryl/α,β-unsaturated/α-hetero) is 1. The third kappa shape index (κ3) is 3.17. The molecular weight excluding hydrogens is 390 g/mol. The van der Waals surface area contributed by atoms with E-state index in [1.54, 1.807) is 61.8 Å². The molecule has 1 atom stereocenters. The van der Waals surface area contributed by atoms with Crippen LogP contribution in [0.3, 0.4) is 0 Å². The van der Waals surface area contributed by atoms with Crippen LogP contribution in [-0.2, 0) is 9.59 Å². The van der Waals surface area contributed by atoms with Crippen LogP contribution in [-0.4, -0.2) is 26.8 Å². The standard InChI is InChI=1S/C22H16ClN3O3/c1-13-16(23)5-2-6-17(13)26-19(15-4-3-9-25-12-15)18(21(28)22(26)29)20(27)14-7-10-24-11-8-14/h2-12,19,27H,1H3/b20-18+. The SMILES string of the molecule is Cc1c(Cl)cccc1N1C(=O)C(=O)/C(=C(/O)c2ccncc2)C1c1cccnc1. The first-order valence-corrected chi connectivity index (χ1v) is 9.25. The molecule has 0 aliphatic carbocycles. The molecular formula is C22H16ClN3O3. The van der Waals surface area contributed by atoms with Gasteiger partial charge in [0.15, 0.2) is 0 Å². The number of halogens is 1. The van der Waals surface area contributed by atoms with Gasteiger partial charge in [0.25, 0.3) is 11.7 Å². The molecule has 1 aliphatic heterocycles. The van der Waals surface area contributed by atoms with Crippen molar-refractivity contribution in [2.24, 2.45) is 0 Å². The van der Waals surface area contributed by atoms with Crippen molar-refractivity contribution >= 4 is 34.7 Å². The highest BCUT2D eigenvalue weighted by Gasteiger charge is 2.47. The van der Waals surface area contributed by atoms with Crippen molar-refractivity contribution in [2.45, 2.75) is 13.0 Å². The van der Waals surface area contributed by atoms with E-state index in [4.69, 9.17) is 11.6 Å². The van der Waals surface area contributed by atoms with Gasteiger partial charge in [0.2, 0.25) is 0 Å². The third-order valence-electron chi connectivity index (χ3n) is 4.90. The summed E-state index contributed by atoms with van der Waals surface area (Å²) in [6.45, 7) is 1.78. The molecule has 1 amide bonds. The number of pyridine rings is 2. The van der Waals surface area contributed by atoms with Crippen LogP contribution in [0.5, 0.6) is 0 Å². The van der Waals surface area contributed by atoms with E-state index in [9.17, 15) is 14.7 Å². The van der Waals surface area contributed by atoms with Crippen LogP contribution in [0.4, 0.5) is 5.69 Å². The molecule has 1 aliphatic rings. The Kier molecular flexibility index (Phi) is 4.86. The third-order valence-corrected chi connectivity index (χ3v) is 5.31. The summed E-state index contributed by atoms with van der Waals surface area (Å²) in [4.78, 5) is 35.5. The molecule has 3 aromatic rings. The summed E-state index contributed by atoms with van der Waals surface area (Å²) in [6.07, 6.45) is 6.18. The van der Waals surface area contributed by atoms with Crippen LogP contribution >= 0.6 is 11.6 Å². The summed E-state index contributed by atoms with van der Waals surface area (Å²) in [5, 5.41) is 11.4. The maximum absolute atomic E-state index is 13.1. The topological polar surface area (TPSA) is 83.4 Å². The molecule has 29 heavy (non-hydrogen) atoms. The van der Waals surface area contributed by atoms with Gasteiger partial charge in [-0.3, -0.25) is 24.5 Å². The zero-order valence-corrected chi connectivity index (χ0v) is 16.2. The highest BCUT2D eigenvalue weighted by atomic mass is 35.5. The number of aromatic nitrogens is 2. The summed E-state index contributed by atoms with van der Waals surface area (Å²) in [5.41, 5.74) is 2.15. The predicted molar refractivity (Wildman–Crippen MR) is 109 cm³/mol. The smallest absolute Gasteiger partial charge is 0.300 e. The molecule has 0 radical (unpaired) electrons. The second-order valence-electron chi connectivity index (χ2n) is 6.58. The lowest BCUT2D eigenvalue weighted by atomic mass is 9.96. The van der Waals surface area contributed by atoms with Gasteiger partial charge in [-0.2, -0.15) is 0 Å². The van der Waals surface area contributed by atoms with Crippen LogP contribution in [0.2, 0.25) is 5.02 Å². The van der Waals surface area contributed by atoms with Gasteiger partial charge in [-0.1, -0.05) is 23.7 Å². The Morgan fingerprint density at radius 3 is 2.48 bits per heavy atom. The summed E-state index contributed by atoms with van der Waals surface area (Å²) >= 11 is 6.26. The molecule has 7 heteroatoms. The number of benzene rings is 1. The summed E-state index contributed by atoms with van der Waals surface area (Å²) < 4.78 is 0. The molecule has 0 saturated carbocycles. The van der Waals surface area contributed by atoms with E-state index in [-0.39, 0.29) is 11.3 Å². The average Bonchev–Trinajstić information content (AvgIpc) is 3.01. The van der Waals surface area contributed by atoms with Crippen molar-refractivity contribution in [1.29, 1.82) is 0 Å². The number of carbonyl (C=O) groups excluding carboxylic acids is 2. The number of carbonyl (C=O) groups is 2. The van der Waals surface area contributed by atoms with Crippen LogP contribution in [0.1, 0.15) is 22.7 Å². The van der Waals surface area contributed by atoms with Crippen LogP contribution in [0.25, 0.3) is 5.76 Å². The summed E-state index contributed by atoms with van der Waals surface area (Å²) in [6, 6.07) is 10.9. The van der Waals surface area contributed by atoms with Gasteiger partial charge in [-0.25, -0.2) is 0 Å². The number of ketones is 1. The quantitative estimate of drug-likeness (QED) is 0.403. The van der Waals surface area contributed by atoms with Crippen LogP contribution in [0.15, 0.2) is 72.8 Å². The number of aliphatic hydroxyl groups excluding tert-OH is 1. The minimum atomic E-state index is -0.839. The zero-order valence-electron chi connectivity index (χ0n) is 15.4. The lowest BCUT2D eigenvalue weighted by Gasteiger charge is -2.26. The molecule has 6 nitrogen and oxygen atoms in total. The Morgan fingerprint density at radius 2 is 1.79 bits per heavy atom. The number of rotatable bonds is 3. The van der Waals surface area contributed by atoms with E-state index >= 15 is 0 Å². The van der Waals surface area contributed by atoms with Crippen LogP contribution in [0, 0.1) is 6.92 Å². The zero-order chi connectivity index (χ0) is 20.5. The van der Waals surface area contributed by atoms with Gasteiger partial charge < -0.3 is 5.11 Å². The van der Waals surface area contributed by atoms with Gasteiger partial charge in [0.1, 0.15) is 5.76 Å². The van der Waals surface area contributed by atoms with E-state index < -0.39 is 17.7 Å². The van der Waals surface area contributed by atoms with E-state index in [1.807, 2.05) is 0 Å². The van der Waals surface area contributed by atoms with Gasteiger partial charge in [-0.15, -0.1) is 0 Å². The van der Waals surface area contributed by atoms with E-state index in [2.05, 4.69) is 9.97 Å². The summed E-state index contributed by atoms with van der Waals surface area (Å²) in [5.74, 6) is -1.77. The lowest BCUT2D eigenvalue weighted by molar-refractivity contribution is -0.132. The first kappa shape index (κ1) is 18.8. The minimum absolute atomic E-state index is 0.00595. The molecule has 1 unspecified atom stereocenters. The highest BCUT2D eigenvalue weighted by Crippen LogP contribution is 2.43. The van der Waals surface area contributed by atoms with Crippen molar-refractivity contribution < 1.29 is 14.7 Å². The van der Waals surface area contributed by atoms with E-state index in [0.29, 0.717) is 27.4 Å². The second-order valence-corrected chi connectivity index (χ2v) is 6.98. The molecule has 144 valence electrons. The Bertz CT molecular complexity index is 1130. The number of anilines is 1. The fourth-order valence-electron chi connectivity index (χ4n) is 3.46. The fourth-order valence-corrected chi connectivity index (χ4v) is 3.63. The lowest BCUT2D eigenvalue weighted by Crippen LogP contribution is -2.30.